The van der Waals surface area contributed by atoms with E-state index in [0.29, 0.717) is 16.5 Å². The summed E-state index contributed by atoms with van der Waals surface area (Å²) in [4.78, 5) is 14.1. The number of rotatable bonds is 3. The van der Waals surface area contributed by atoms with Crippen LogP contribution in [-0.2, 0) is 11.2 Å². The minimum absolute atomic E-state index is 0.0295. The fraction of sp³-hybridized carbons (Fsp3) is 0.500. The van der Waals surface area contributed by atoms with Gasteiger partial charge in [0.2, 0.25) is 5.91 Å². The molecule has 1 amide bonds. The number of hydrogen-bond donors (Lipinski definition) is 0. The summed E-state index contributed by atoms with van der Waals surface area (Å²) in [5, 5.41) is 1.07. The van der Waals surface area contributed by atoms with Gasteiger partial charge in [-0.3, -0.25) is 4.79 Å². The summed E-state index contributed by atoms with van der Waals surface area (Å²) < 4.78 is 13.7. The average molecular weight is 349 g/mol. The minimum atomic E-state index is -0.413. The largest absolute Gasteiger partial charge is 0.338 e. The Morgan fingerprint density at radius 3 is 2.95 bits per heavy atom. The molecule has 2 atom stereocenters. The number of nitrogens with zero attached hydrogens (tertiary/aromatic N) is 1. The standard InChI is InChI=1S/C14H16BrClFNO/c1-9-5-6-18(13(9)8-15)14(19)7-10-11(16)3-2-4-12(10)17/h2-4,9,13H,5-8H2,1H3. The first kappa shape index (κ1) is 14.8. The summed E-state index contributed by atoms with van der Waals surface area (Å²) in [5.41, 5.74) is 0.294. The molecule has 0 saturated carbocycles. The van der Waals surface area contributed by atoms with Crippen LogP contribution in [0.5, 0.6) is 0 Å². The molecule has 0 radical (unpaired) electrons. The van der Waals surface area contributed by atoms with Crippen molar-refractivity contribution in [2.75, 3.05) is 11.9 Å². The fourth-order valence-corrected chi connectivity index (χ4v) is 3.72. The van der Waals surface area contributed by atoms with Gasteiger partial charge >= 0.3 is 0 Å². The third-order valence-electron chi connectivity index (χ3n) is 3.75. The van der Waals surface area contributed by atoms with E-state index in [2.05, 4.69) is 22.9 Å². The lowest BCUT2D eigenvalue weighted by atomic mass is 10.0. The first-order valence-corrected chi connectivity index (χ1v) is 7.83. The van der Waals surface area contributed by atoms with Gasteiger partial charge in [0.05, 0.1) is 6.42 Å². The zero-order valence-electron chi connectivity index (χ0n) is 10.7. The van der Waals surface area contributed by atoms with Crippen LogP contribution in [0.4, 0.5) is 4.39 Å². The Hall–Kier alpha value is -0.610. The van der Waals surface area contributed by atoms with E-state index in [1.165, 1.54) is 6.07 Å². The maximum absolute atomic E-state index is 13.7. The van der Waals surface area contributed by atoms with Crippen LogP contribution in [-0.4, -0.2) is 28.7 Å². The van der Waals surface area contributed by atoms with Crippen molar-refractivity contribution in [3.63, 3.8) is 0 Å². The number of carbonyl (C=O) groups excluding carboxylic acids is 1. The van der Waals surface area contributed by atoms with Gasteiger partial charge in [-0.15, -0.1) is 0 Å². The van der Waals surface area contributed by atoms with Gasteiger partial charge in [-0.1, -0.05) is 40.5 Å². The number of carbonyl (C=O) groups is 1. The van der Waals surface area contributed by atoms with Gasteiger partial charge in [0, 0.05) is 28.5 Å². The predicted molar refractivity (Wildman–Crippen MR) is 78.2 cm³/mol. The highest BCUT2D eigenvalue weighted by Crippen LogP contribution is 2.27. The van der Waals surface area contributed by atoms with Gasteiger partial charge in [-0.05, 0) is 24.5 Å². The van der Waals surface area contributed by atoms with Gasteiger partial charge in [0.1, 0.15) is 5.82 Å². The summed E-state index contributed by atoms with van der Waals surface area (Å²) in [6.07, 6.45) is 1.02. The van der Waals surface area contributed by atoms with E-state index in [0.717, 1.165) is 18.3 Å². The molecule has 0 spiro atoms. The highest BCUT2D eigenvalue weighted by Gasteiger charge is 2.33. The van der Waals surface area contributed by atoms with E-state index in [-0.39, 0.29) is 18.4 Å². The Morgan fingerprint density at radius 2 is 2.32 bits per heavy atom. The Labute approximate surface area is 126 Å². The zero-order valence-corrected chi connectivity index (χ0v) is 13.0. The van der Waals surface area contributed by atoms with Crippen molar-refractivity contribution in [1.29, 1.82) is 0 Å². The monoisotopic (exact) mass is 347 g/mol. The molecular weight excluding hydrogens is 333 g/mol. The second kappa shape index (κ2) is 6.23. The van der Waals surface area contributed by atoms with Crippen LogP contribution in [0.3, 0.4) is 0 Å². The van der Waals surface area contributed by atoms with Crippen LogP contribution in [0, 0.1) is 11.7 Å². The van der Waals surface area contributed by atoms with E-state index in [1.807, 2.05) is 4.90 Å². The molecular formula is C14H16BrClFNO. The molecule has 1 aliphatic rings. The number of amides is 1. The summed E-state index contributed by atoms with van der Waals surface area (Å²) in [6.45, 7) is 2.87. The van der Waals surface area contributed by atoms with Gasteiger partial charge in [0.25, 0.3) is 0 Å². The predicted octanol–water partition coefficient (Wildman–Crippen LogP) is 3.65. The number of alkyl halides is 1. The molecule has 1 aromatic rings. The van der Waals surface area contributed by atoms with Gasteiger partial charge in [-0.2, -0.15) is 0 Å². The molecule has 1 fully saturated rings. The van der Waals surface area contributed by atoms with Gasteiger partial charge < -0.3 is 4.90 Å². The van der Waals surface area contributed by atoms with Crippen molar-refractivity contribution in [3.05, 3.63) is 34.6 Å². The van der Waals surface area contributed by atoms with E-state index in [9.17, 15) is 9.18 Å². The Bertz CT molecular complexity index is 462. The SMILES string of the molecule is CC1CCN(C(=O)Cc2c(F)cccc2Cl)C1CBr. The van der Waals surface area contributed by atoms with Crippen molar-refractivity contribution >= 4 is 33.4 Å². The van der Waals surface area contributed by atoms with Crippen molar-refractivity contribution in [3.8, 4) is 0 Å². The van der Waals surface area contributed by atoms with E-state index < -0.39 is 5.82 Å². The highest BCUT2D eigenvalue weighted by atomic mass is 79.9. The molecule has 2 unspecified atom stereocenters. The van der Waals surface area contributed by atoms with Gasteiger partial charge in [-0.25, -0.2) is 4.39 Å². The highest BCUT2D eigenvalue weighted by molar-refractivity contribution is 9.09. The molecule has 2 nitrogen and oxygen atoms in total. The molecule has 1 heterocycles. The molecule has 1 saturated heterocycles. The normalized spacial score (nSPS) is 22.8. The number of halogens is 3. The Morgan fingerprint density at radius 1 is 1.58 bits per heavy atom. The lowest BCUT2D eigenvalue weighted by molar-refractivity contribution is -0.131. The molecule has 0 N–H and O–H groups in total. The van der Waals surface area contributed by atoms with Crippen LogP contribution in [0.25, 0.3) is 0 Å². The summed E-state index contributed by atoms with van der Waals surface area (Å²) in [7, 11) is 0. The zero-order chi connectivity index (χ0) is 14.0. The lowest BCUT2D eigenvalue weighted by Crippen LogP contribution is -2.39. The maximum atomic E-state index is 13.7. The molecule has 19 heavy (non-hydrogen) atoms. The smallest absolute Gasteiger partial charge is 0.227 e. The molecule has 2 rings (SSSR count). The summed E-state index contributed by atoms with van der Waals surface area (Å²) in [5.74, 6) is 0.00343. The van der Waals surface area contributed by atoms with E-state index in [4.69, 9.17) is 11.6 Å². The van der Waals surface area contributed by atoms with E-state index >= 15 is 0 Å². The minimum Gasteiger partial charge on any atom is -0.338 e. The molecule has 5 heteroatoms. The molecule has 1 aromatic carbocycles. The van der Waals surface area contributed by atoms with Crippen LogP contribution >= 0.6 is 27.5 Å². The number of benzene rings is 1. The lowest BCUT2D eigenvalue weighted by Gasteiger charge is -2.25. The van der Waals surface area contributed by atoms with Crippen LogP contribution < -0.4 is 0 Å². The second-order valence-electron chi connectivity index (χ2n) is 4.95. The van der Waals surface area contributed by atoms with Crippen molar-refractivity contribution < 1.29 is 9.18 Å². The number of likely N-dealkylation sites (tertiary alicyclic amines) is 1. The average Bonchev–Trinajstić information content (AvgIpc) is 2.75. The summed E-state index contributed by atoms with van der Waals surface area (Å²) >= 11 is 9.40. The molecule has 0 aliphatic carbocycles. The molecule has 0 bridgehead atoms. The third-order valence-corrected chi connectivity index (χ3v) is 4.77. The quantitative estimate of drug-likeness (QED) is 0.764. The Balaban J connectivity index is 2.13. The fourth-order valence-electron chi connectivity index (χ4n) is 2.51. The maximum Gasteiger partial charge on any atom is 0.227 e. The topological polar surface area (TPSA) is 20.3 Å². The summed E-state index contributed by atoms with van der Waals surface area (Å²) in [6, 6.07) is 4.69. The van der Waals surface area contributed by atoms with Crippen molar-refractivity contribution in [2.45, 2.75) is 25.8 Å². The van der Waals surface area contributed by atoms with Crippen LogP contribution in [0.2, 0.25) is 5.02 Å². The Kier molecular flexibility index (Phi) is 4.85. The number of hydrogen-bond acceptors (Lipinski definition) is 1. The van der Waals surface area contributed by atoms with Crippen molar-refractivity contribution in [2.24, 2.45) is 5.92 Å². The third kappa shape index (κ3) is 3.11. The first-order chi connectivity index (χ1) is 9.04. The second-order valence-corrected chi connectivity index (χ2v) is 6.01. The molecule has 1 aliphatic heterocycles. The molecule has 0 aromatic heterocycles. The van der Waals surface area contributed by atoms with Crippen LogP contribution in [0.15, 0.2) is 18.2 Å². The van der Waals surface area contributed by atoms with E-state index in [1.54, 1.807) is 12.1 Å². The van der Waals surface area contributed by atoms with Crippen LogP contribution in [0.1, 0.15) is 18.9 Å². The van der Waals surface area contributed by atoms with Crippen molar-refractivity contribution in [1.82, 2.24) is 4.90 Å². The molecule has 104 valence electrons. The first-order valence-electron chi connectivity index (χ1n) is 6.33. The van der Waals surface area contributed by atoms with Gasteiger partial charge in [0.15, 0.2) is 0 Å².